The van der Waals surface area contributed by atoms with E-state index in [-0.39, 0.29) is 17.9 Å². The molecule has 7 heteroatoms. The molecule has 6 nitrogen and oxygen atoms in total. The van der Waals surface area contributed by atoms with Crippen LogP contribution in [0, 0.1) is 0 Å². The van der Waals surface area contributed by atoms with Crippen molar-refractivity contribution in [1.82, 2.24) is 15.3 Å². The maximum Gasteiger partial charge on any atom is 0.261 e. The van der Waals surface area contributed by atoms with Crippen molar-refractivity contribution in [2.45, 2.75) is 13.0 Å². The van der Waals surface area contributed by atoms with E-state index in [0.29, 0.717) is 10.6 Å². The monoisotopic (exact) mass is 354 g/mol. The van der Waals surface area contributed by atoms with Crippen molar-refractivity contribution in [2.24, 2.45) is 0 Å². The van der Waals surface area contributed by atoms with Gasteiger partial charge < -0.3 is 15.8 Å². The Bertz CT molecular complexity index is 894. The molecule has 25 heavy (non-hydrogen) atoms. The SMILES string of the molecule is COc1cccc([C@H](C)NC(=O)c2ccc(-c3ccnc(N)n3)s2)c1. The molecule has 0 aliphatic carbocycles. The Morgan fingerprint density at radius 3 is 2.88 bits per heavy atom. The largest absolute Gasteiger partial charge is 0.497 e. The quantitative estimate of drug-likeness (QED) is 0.734. The number of nitrogens with zero attached hydrogens (tertiary/aromatic N) is 2. The average molecular weight is 354 g/mol. The average Bonchev–Trinajstić information content (AvgIpc) is 3.12. The van der Waals surface area contributed by atoms with Crippen molar-refractivity contribution >= 4 is 23.2 Å². The summed E-state index contributed by atoms with van der Waals surface area (Å²) < 4.78 is 5.22. The van der Waals surface area contributed by atoms with Crippen LogP contribution in [-0.2, 0) is 0 Å². The molecule has 0 aliphatic heterocycles. The van der Waals surface area contributed by atoms with Crippen LogP contribution in [0.5, 0.6) is 5.75 Å². The number of hydrogen-bond donors (Lipinski definition) is 2. The smallest absolute Gasteiger partial charge is 0.261 e. The van der Waals surface area contributed by atoms with Crippen LogP contribution in [0.1, 0.15) is 28.2 Å². The number of benzene rings is 1. The molecule has 2 aromatic heterocycles. The number of hydrogen-bond acceptors (Lipinski definition) is 6. The molecule has 128 valence electrons. The van der Waals surface area contributed by atoms with Crippen LogP contribution >= 0.6 is 11.3 Å². The number of rotatable bonds is 5. The van der Waals surface area contributed by atoms with Crippen molar-refractivity contribution in [3.05, 3.63) is 59.1 Å². The highest BCUT2D eigenvalue weighted by atomic mass is 32.1. The van der Waals surface area contributed by atoms with Gasteiger partial charge in [-0.05, 0) is 42.8 Å². The molecule has 3 rings (SSSR count). The lowest BCUT2D eigenvalue weighted by Crippen LogP contribution is -2.25. The second-order valence-electron chi connectivity index (χ2n) is 5.44. The van der Waals surface area contributed by atoms with E-state index in [2.05, 4.69) is 15.3 Å². The Morgan fingerprint density at radius 1 is 1.28 bits per heavy atom. The first-order valence-electron chi connectivity index (χ1n) is 7.70. The summed E-state index contributed by atoms with van der Waals surface area (Å²) in [6.45, 7) is 1.94. The minimum atomic E-state index is -0.136. The van der Waals surface area contributed by atoms with Crippen LogP contribution in [0.4, 0.5) is 5.95 Å². The predicted octanol–water partition coefficient (Wildman–Crippen LogP) is 3.29. The van der Waals surface area contributed by atoms with Gasteiger partial charge in [0.05, 0.1) is 28.6 Å². The third-order valence-electron chi connectivity index (χ3n) is 3.70. The summed E-state index contributed by atoms with van der Waals surface area (Å²) in [5, 5.41) is 3.00. The molecule has 0 spiro atoms. The minimum absolute atomic E-state index is 0.131. The summed E-state index contributed by atoms with van der Waals surface area (Å²) in [5.41, 5.74) is 7.29. The summed E-state index contributed by atoms with van der Waals surface area (Å²) in [4.78, 5) is 22.0. The molecule has 0 aliphatic rings. The molecule has 1 atom stereocenters. The Kier molecular flexibility index (Phi) is 4.95. The third-order valence-corrected chi connectivity index (χ3v) is 4.80. The maximum atomic E-state index is 12.5. The third kappa shape index (κ3) is 3.95. The molecule has 0 fully saturated rings. The number of nitrogen functional groups attached to an aromatic ring is 1. The summed E-state index contributed by atoms with van der Waals surface area (Å²) in [7, 11) is 1.62. The number of carbonyl (C=O) groups is 1. The zero-order chi connectivity index (χ0) is 17.8. The fraction of sp³-hybridized carbons (Fsp3) is 0.167. The fourth-order valence-corrected chi connectivity index (χ4v) is 3.25. The normalized spacial score (nSPS) is 11.8. The molecule has 3 aromatic rings. The zero-order valence-electron chi connectivity index (χ0n) is 13.9. The van der Waals surface area contributed by atoms with E-state index in [1.807, 2.05) is 37.3 Å². The highest BCUT2D eigenvalue weighted by Gasteiger charge is 2.15. The van der Waals surface area contributed by atoms with Gasteiger partial charge >= 0.3 is 0 Å². The Balaban J connectivity index is 1.73. The van der Waals surface area contributed by atoms with Crippen LogP contribution < -0.4 is 15.8 Å². The minimum Gasteiger partial charge on any atom is -0.497 e. The molecule has 2 heterocycles. The number of thiophene rings is 1. The number of aromatic nitrogens is 2. The second kappa shape index (κ2) is 7.31. The molecule has 0 unspecified atom stereocenters. The Labute approximate surface area is 149 Å². The predicted molar refractivity (Wildman–Crippen MR) is 98.6 cm³/mol. The summed E-state index contributed by atoms with van der Waals surface area (Å²) in [5.74, 6) is 0.843. The summed E-state index contributed by atoms with van der Waals surface area (Å²) >= 11 is 1.37. The number of methoxy groups -OCH3 is 1. The molecular weight excluding hydrogens is 336 g/mol. The first kappa shape index (κ1) is 16.9. The van der Waals surface area contributed by atoms with Gasteiger partial charge in [0.1, 0.15) is 5.75 Å². The first-order valence-corrected chi connectivity index (χ1v) is 8.52. The lowest BCUT2D eigenvalue weighted by Gasteiger charge is -2.14. The van der Waals surface area contributed by atoms with Crippen molar-refractivity contribution in [3.63, 3.8) is 0 Å². The number of carbonyl (C=O) groups excluding carboxylic acids is 1. The highest BCUT2D eigenvalue weighted by Crippen LogP contribution is 2.27. The van der Waals surface area contributed by atoms with E-state index in [1.165, 1.54) is 11.3 Å². The van der Waals surface area contributed by atoms with Crippen molar-refractivity contribution in [2.75, 3.05) is 12.8 Å². The molecule has 1 aromatic carbocycles. The number of nitrogens with one attached hydrogen (secondary N) is 1. The topological polar surface area (TPSA) is 90.1 Å². The van der Waals surface area contributed by atoms with Gasteiger partial charge in [0.15, 0.2) is 0 Å². The number of nitrogens with two attached hydrogens (primary N) is 1. The van der Waals surface area contributed by atoms with Gasteiger partial charge in [-0.2, -0.15) is 0 Å². The van der Waals surface area contributed by atoms with Crippen molar-refractivity contribution in [1.29, 1.82) is 0 Å². The summed E-state index contributed by atoms with van der Waals surface area (Å²) in [6, 6.07) is 12.9. The lowest BCUT2D eigenvalue weighted by atomic mass is 10.1. The van der Waals surface area contributed by atoms with Gasteiger partial charge in [-0.3, -0.25) is 4.79 Å². The van der Waals surface area contributed by atoms with E-state index >= 15 is 0 Å². The van der Waals surface area contributed by atoms with Crippen LogP contribution in [0.25, 0.3) is 10.6 Å². The van der Waals surface area contributed by atoms with Crippen molar-refractivity contribution < 1.29 is 9.53 Å². The highest BCUT2D eigenvalue weighted by molar-refractivity contribution is 7.17. The second-order valence-corrected chi connectivity index (χ2v) is 6.52. The Hall–Kier alpha value is -2.93. The molecular formula is C18H18N4O2S. The van der Waals surface area contributed by atoms with Crippen LogP contribution in [0.3, 0.4) is 0 Å². The van der Waals surface area contributed by atoms with Crippen LogP contribution in [0.2, 0.25) is 0 Å². The standard InChI is InChI=1S/C18H18N4O2S/c1-11(12-4-3-5-13(10-12)24-2)21-17(23)16-7-6-15(25-16)14-8-9-20-18(19)22-14/h3-11H,1-2H3,(H,21,23)(H2,19,20,22)/t11-/m0/s1. The van der Waals surface area contributed by atoms with E-state index < -0.39 is 0 Å². The number of ether oxygens (including phenoxy) is 1. The molecule has 3 N–H and O–H groups in total. The fourth-order valence-electron chi connectivity index (χ4n) is 2.37. The zero-order valence-corrected chi connectivity index (χ0v) is 14.7. The number of amides is 1. The summed E-state index contributed by atoms with van der Waals surface area (Å²) in [6.07, 6.45) is 1.60. The first-order chi connectivity index (χ1) is 12.1. The lowest BCUT2D eigenvalue weighted by molar-refractivity contribution is 0.0944. The van der Waals surface area contributed by atoms with Gasteiger partial charge in [-0.1, -0.05) is 12.1 Å². The Morgan fingerprint density at radius 2 is 2.12 bits per heavy atom. The van der Waals surface area contributed by atoms with E-state index in [4.69, 9.17) is 10.5 Å². The molecule has 0 radical (unpaired) electrons. The van der Waals surface area contributed by atoms with E-state index in [9.17, 15) is 4.79 Å². The molecule has 0 bridgehead atoms. The van der Waals surface area contributed by atoms with Crippen LogP contribution in [-0.4, -0.2) is 23.0 Å². The van der Waals surface area contributed by atoms with Gasteiger partial charge in [0, 0.05) is 6.20 Å². The van der Waals surface area contributed by atoms with Gasteiger partial charge in [-0.15, -0.1) is 11.3 Å². The van der Waals surface area contributed by atoms with Crippen molar-refractivity contribution in [3.8, 4) is 16.3 Å². The van der Waals surface area contributed by atoms with Gasteiger partial charge in [0.2, 0.25) is 5.95 Å². The van der Waals surface area contributed by atoms with Gasteiger partial charge in [-0.25, -0.2) is 9.97 Å². The molecule has 0 saturated heterocycles. The number of anilines is 1. The van der Waals surface area contributed by atoms with Crippen LogP contribution in [0.15, 0.2) is 48.7 Å². The van der Waals surface area contributed by atoms with E-state index in [1.54, 1.807) is 25.4 Å². The molecule has 1 amide bonds. The maximum absolute atomic E-state index is 12.5. The van der Waals surface area contributed by atoms with Gasteiger partial charge in [0.25, 0.3) is 5.91 Å². The molecule has 0 saturated carbocycles. The van der Waals surface area contributed by atoms with E-state index in [0.717, 1.165) is 16.2 Å².